The standard InChI is InChI=1S/C14H20BrNO4S.C9H12BrNO2S.C8H8Br2O2S.C8H9BrO2S.C8H10O2S.BHNS/c1-14(2,3)20-13(17)16(4)9-10-6-7-11(8-12(10)15)21(5,18)19;1-11-6-7-3-4-8(5-9(7)10)14(2,12)13;1-13(11,12)7-3-2-6(5-9)8(10)4-7;1-6-3-4-7(5-8(6)9)12(2,10)11;1-7-3-5-8(6-4-7)11(2,9)10;1-2-3/h6-8H,9H2,1-5H3;3-5,11H,6H2,1-2H3;2-4H,5H2,1H3;3-5H,1-2H3;3-6H,1-2H3;3H. The number of sulfone groups is 5. The fourth-order valence-electron chi connectivity index (χ4n) is 5.10. The van der Waals surface area contributed by atoms with Crippen molar-refractivity contribution >= 4 is 155 Å². The van der Waals surface area contributed by atoms with E-state index in [9.17, 15) is 46.9 Å². The summed E-state index contributed by atoms with van der Waals surface area (Å²) in [5.74, 6) is 0. The quantitative estimate of drug-likeness (QED) is 0.0755. The molecule has 5 aromatic rings. The summed E-state index contributed by atoms with van der Waals surface area (Å²) < 4.78 is 123. The third kappa shape index (κ3) is 28.4. The zero-order chi connectivity index (χ0) is 57.8. The number of hydrogen-bond donors (Lipinski definition) is 2. The molecule has 0 aliphatic heterocycles. The maximum absolute atomic E-state index is 11.9. The number of amides is 1. The number of carbonyl (C=O) groups is 1. The first-order valence-electron chi connectivity index (χ1n) is 21.0. The molecular formula is C47H60BBr5N3O12S6. The molecule has 1 radical (unpaired) electrons. The molecule has 0 bridgehead atoms. The number of hydrogen-bond acceptors (Lipinski definition) is 15. The number of benzene rings is 5. The molecule has 409 valence electrons. The van der Waals surface area contributed by atoms with E-state index in [0.717, 1.165) is 47.5 Å². The average molecular weight is 1460 g/mol. The first kappa shape index (κ1) is 71.7. The van der Waals surface area contributed by atoms with Gasteiger partial charge in [0, 0.05) is 74.6 Å². The van der Waals surface area contributed by atoms with Crippen LogP contribution in [-0.2, 0) is 72.3 Å². The molecule has 74 heavy (non-hydrogen) atoms. The Labute approximate surface area is 487 Å². The molecule has 1 amide bonds. The maximum atomic E-state index is 11.9. The molecule has 0 spiro atoms. The zero-order valence-corrected chi connectivity index (χ0v) is 55.5. The summed E-state index contributed by atoms with van der Waals surface area (Å²) in [5.41, 5.74) is 4.42. The van der Waals surface area contributed by atoms with Crippen LogP contribution in [-0.4, -0.2) is 112 Å². The van der Waals surface area contributed by atoms with Crippen LogP contribution in [0.5, 0.6) is 0 Å². The van der Waals surface area contributed by atoms with E-state index in [1.807, 2.05) is 20.9 Å². The van der Waals surface area contributed by atoms with Crippen molar-refractivity contribution in [2.45, 2.75) is 83.1 Å². The van der Waals surface area contributed by atoms with E-state index >= 15 is 0 Å². The molecule has 0 heterocycles. The normalized spacial score (nSPS) is 11.4. The predicted molar refractivity (Wildman–Crippen MR) is 318 cm³/mol. The third-order valence-electron chi connectivity index (χ3n) is 9.00. The summed E-state index contributed by atoms with van der Waals surface area (Å²) in [6.07, 6.45) is 5.53. The molecule has 0 atom stereocenters. The molecular weight excluding hydrogens is 1400 g/mol. The topological polar surface area (TPSA) is 225 Å². The van der Waals surface area contributed by atoms with Crippen molar-refractivity contribution in [2.24, 2.45) is 4.30 Å². The van der Waals surface area contributed by atoms with Gasteiger partial charge in [-0.1, -0.05) is 122 Å². The van der Waals surface area contributed by atoms with E-state index < -0.39 is 60.9 Å². The summed E-state index contributed by atoms with van der Waals surface area (Å²) in [4.78, 5) is 15.0. The van der Waals surface area contributed by atoms with Crippen LogP contribution in [0.15, 0.2) is 144 Å². The van der Waals surface area contributed by atoms with Crippen LogP contribution in [0.1, 0.15) is 48.6 Å². The number of ether oxygens (including phenoxy) is 1. The summed E-state index contributed by atoms with van der Waals surface area (Å²) in [6, 6.07) is 26.6. The van der Waals surface area contributed by atoms with E-state index in [4.69, 9.17) is 4.74 Å². The van der Waals surface area contributed by atoms with Gasteiger partial charge >= 0.3 is 30.8 Å². The van der Waals surface area contributed by atoms with Crippen LogP contribution in [0.4, 0.5) is 4.79 Å². The second kappa shape index (κ2) is 31.9. The third-order valence-corrected chi connectivity index (χ3v) is 18.2. The van der Waals surface area contributed by atoms with Gasteiger partial charge in [0.2, 0.25) is 0 Å². The van der Waals surface area contributed by atoms with Gasteiger partial charge in [0.05, 0.1) is 24.5 Å². The van der Waals surface area contributed by atoms with Crippen LogP contribution < -0.4 is 5.32 Å². The SMILES string of the molecule is CN(Cc1ccc(S(C)(=O)=O)cc1Br)C(=O)OC(C)(C)C.CNCc1ccc(S(C)(=O)=O)cc1Br.CS(=O)(=O)c1ccc(CBr)c(Br)c1.Cc1ccc(S(C)(=O)=O)cc1.Cc1ccc(S(C)(=O)=O)cc1Br.[B]=NS. The molecule has 1 N–H and O–H groups in total. The van der Waals surface area contributed by atoms with Crippen LogP contribution in [0.2, 0.25) is 0 Å². The van der Waals surface area contributed by atoms with Gasteiger partial charge in [-0.3, -0.25) is 0 Å². The first-order valence-corrected chi connectivity index (χ1v) is 35.1. The molecule has 5 rings (SSSR count). The van der Waals surface area contributed by atoms with Gasteiger partial charge in [0.1, 0.15) is 5.60 Å². The van der Waals surface area contributed by atoms with Crippen LogP contribution in [0.3, 0.4) is 0 Å². The second-order valence-corrected chi connectivity index (χ2v) is 31.2. The number of alkyl halides is 1. The number of aryl methyl sites for hydroxylation is 2. The molecule has 0 fully saturated rings. The second-order valence-electron chi connectivity index (χ2n) is 17.0. The van der Waals surface area contributed by atoms with Crippen molar-refractivity contribution in [3.63, 3.8) is 0 Å². The first-order chi connectivity index (χ1) is 33.6. The van der Waals surface area contributed by atoms with Crippen LogP contribution >= 0.6 is 92.5 Å². The number of carbonyl (C=O) groups excluding carboxylic acids is 1. The summed E-state index contributed by atoms with van der Waals surface area (Å²) in [7, 11) is -7.73. The molecule has 0 aliphatic rings. The summed E-state index contributed by atoms with van der Waals surface area (Å²) >= 11 is 19.7. The van der Waals surface area contributed by atoms with Gasteiger partial charge in [-0.05, 0) is 125 Å². The number of thiol groups is 1. The molecule has 5 aromatic carbocycles. The van der Waals surface area contributed by atoms with E-state index in [-0.39, 0.29) is 4.90 Å². The molecule has 0 aliphatic carbocycles. The number of halogens is 5. The fourth-order valence-corrected chi connectivity index (χ4v) is 11.7. The van der Waals surface area contributed by atoms with Crippen molar-refractivity contribution in [2.75, 3.05) is 45.4 Å². The Morgan fingerprint density at radius 1 is 0.581 bits per heavy atom. The Morgan fingerprint density at radius 2 is 0.892 bits per heavy atom. The van der Waals surface area contributed by atoms with Crippen molar-refractivity contribution in [3.05, 3.63) is 143 Å². The van der Waals surface area contributed by atoms with Gasteiger partial charge in [-0.2, -0.15) is 0 Å². The van der Waals surface area contributed by atoms with Crippen molar-refractivity contribution < 1.29 is 51.6 Å². The molecule has 0 saturated heterocycles. The van der Waals surface area contributed by atoms with E-state index in [1.165, 1.54) is 42.1 Å². The van der Waals surface area contributed by atoms with Gasteiger partial charge in [-0.25, -0.2) is 46.9 Å². The van der Waals surface area contributed by atoms with Crippen molar-refractivity contribution in [1.29, 1.82) is 0 Å². The Morgan fingerprint density at radius 3 is 1.19 bits per heavy atom. The van der Waals surface area contributed by atoms with E-state index in [1.54, 1.807) is 113 Å². The minimum absolute atomic E-state index is 0.234. The van der Waals surface area contributed by atoms with Gasteiger partial charge in [0.15, 0.2) is 49.2 Å². The number of nitrogens with zero attached hydrogens (tertiary/aromatic N) is 2. The molecule has 27 heteroatoms. The van der Waals surface area contributed by atoms with Gasteiger partial charge < -0.3 is 15.0 Å². The Bertz CT molecular complexity index is 3270. The molecule has 0 unspecified atom stereocenters. The number of rotatable bonds is 10. The summed E-state index contributed by atoms with van der Waals surface area (Å²) in [6.45, 7) is 10.3. The van der Waals surface area contributed by atoms with Gasteiger partial charge in [-0.15, -0.1) is 0 Å². The van der Waals surface area contributed by atoms with Crippen LogP contribution in [0, 0.1) is 13.8 Å². The Kier molecular flexibility index (Phi) is 30.9. The Balaban J connectivity index is 0.000000904. The Hall–Kier alpha value is -2.31. The zero-order valence-electron chi connectivity index (χ0n) is 42.6. The molecule has 0 saturated carbocycles. The van der Waals surface area contributed by atoms with Crippen molar-refractivity contribution in [1.82, 2.24) is 10.2 Å². The predicted octanol–water partition coefficient (Wildman–Crippen LogP) is 11.3. The van der Waals surface area contributed by atoms with E-state index in [2.05, 4.69) is 110 Å². The average Bonchev–Trinajstić information content (AvgIpc) is 3.25. The number of nitrogens with one attached hydrogen (secondary N) is 1. The monoisotopic (exact) mass is 1460 g/mol. The van der Waals surface area contributed by atoms with Crippen molar-refractivity contribution in [3.8, 4) is 0 Å². The van der Waals surface area contributed by atoms with Gasteiger partial charge in [0.25, 0.3) is 0 Å². The summed E-state index contributed by atoms with van der Waals surface area (Å²) in [5, 5.41) is 3.71. The molecule has 15 nitrogen and oxygen atoms in total. The minimum atomic E-state index is -3.25. The van der Waals surface area contributed by atoms with Crippen LogP contribution in [0.25, 0.3) is 0 Å². The molecule has 0 aromatic heterocycles. The van der Waals surface area contributed by atoms with E-state index in [0.29, 0.717) is 42.5 Å². The fraction of sp³-hybridized carbons (Fsp3) is 0.340.